The van der Waals surface area contributed by atoms with Gasteiger partial charge in [-0.3, -0.25) is 4.79 Å². The molecular formula is C27H37N3O3. The number of ether oxygens (including phenoxy) is 1. The lowest BCUT2D eigenvalue weighted by Gasteiger charge is -2.23. The number of carbonyl (C=O) groups is 1. The monoisotopic (exact) mass is 451 g/mol. The van der Waals surface area contributed by atoms with Crippen molar-refractivity contribution in [3.05, 3.63) is 47.5 Å². The summed E-state index contributed by atoms with van der Waals surface area (Å²) in [5.74, 6) is 0.414. The molecule has 33 heavy (non-hydrogen) atoms. The maximum absolute atomic E-state index is 12.4. The minimum Gasteiger partial charge on any atom is -0.505 e. The fraction of sp³-hybridized carbons (Fsp3) is 0.519. The maximum atomic E-state index is 12.4. The van der Waals surface area contributed by atoms with E-state index in [-0.39, 0.29) is 17.1 Å². The minimum absolute atomic E-state index is 0.163. The van der Waals surface area contributed by atoms with Crippen LogP contribution in [0.15, 0.2) is 36.4 Å². The Bertz CT molecular complexity index is 1050. The average Bonchev–Trinajstić information content (AvgIpc) is 3.21. The van der Waals surface area contributed by atoms with Crippen LogP contribution in [-0.4, -0.2) is 32.7 Å². The first-order chi connectivity index (χ1) is 15.7. The number of hydrogen-bond acceptors (Lipinski definition) is 5. The maximum Gasteiger partial charge on any atom is 0.306 e. The predicted octanol–water partition coefficient (Wildman–Crippen LogP) is 6.12. The number of rotatable bonds is 10. The highest BCUT2D eigenvalue weighted by Crippen LogP contribution is 2.36. The van der Waals surface area contributed by atoms with Gasteiger partial charge in [-0.15, -0.1) is 15.0 Å². The number of nitrogens with zero attached hydrogens (tertiary/aromatic N) is 3. The second-order valence-corrected chi connectivity index (χ2v) is 9.84. The summed E-state index contributed by atoms with van der Waals surface area (Å²) in [5, 5.41) is 20.1. The zero-order valence-electron chi connectivity index (χ0n) is 20.6. The van der Waals surface area contributed by atoms with Crippen LogP contribution in [0, 0.1) is 5.92 Å². The molecule has 0 radical (unpaired) electrons. The molecule has 6 nitrogen and oxygen atoms in total. The summed E-state index contributed by atoms with van der Waals surface area (Å²) >= 11 is 0. The van der Waals surface area contributed by atoms with E-state index < -0.39 is 0 Å². The summed E-state index contributed by atoms with van der Waals surface area (Å²) in [6.45, 7) is 11.0. The van der Waals surface area contributed by atoms with Gasteiger partial charge < -0.3 is 9.84 Å². The molecule has 0 amide bonds. The van der Waals surface area contributed by atoms with Gasteiger partial charge in [-0.25, -0.2) is 0 Å². The van der Waals surface area contributed by atoms with Gasteiger partial charge in [-0.05, 0) is 47.9 Å². The molecule has 0 bridgehead atoms. The Morgan fingerprint density at radius 3 is 2.36 bits per heavy atom. The summed E-state index contributed by atoms with van der Waals surface area (Å²) in [7, 11) is 0. The lowest BCUT2D eigenvalue weighted by atomic mass is 9.84. The molecule has 0 spiro atoms. The van der Waals surface area contributed by atoms with Crippen molar-refractivity contribution in [2.24, 2.45) is 5.92 Å². The molecule has 178 valence electrons. The summed E-state index contributed by atoms with van der Waals surface area (Å²) in [6, 6.07) is 11.5. The third-order valence-corrected chi connectivity index (χ3v) is 6.10. The number of esters is 1. The highest BCUT2D eigenvalue weighted by molar-refractivity contribution is 5.74. The van der Waals surface area contributed by atoms with Crippen molar-refractivity contribution >= 4 is 17.0 Å². The van der Waals surface area contributed by atoms with Crippen molar-refractivity contribution in [3.63, 3.8) is 0 Å². The van der Waals surface area contributed by atoms with Crippen LogP contribution in [-0.2, 0) is 21.4 Å². The first kappa shape index (κ1) is 24.7. The van der Waals surface area contributed by atoms with Crippen LogP contribution in [0.3, 0.4) is 0 Å². The van der Waals surface area contributed by atoms with E-state index in [1.807, 2.05) is 36.4 Å². The molecule has 3 rings (SSSR count). The molecular weight excluding hydrogens is 414 g/mol. The van der Waals surface area contributed by atoms with Gasteiger partial charge in [-0.1, -0.05) is 72.1 Å². The number of benzene rings is 2. The number of carbonyl (C=O) groups excluding carboxylic acids is 1. The molecule has 1 unspecified atom stereocenters. The van der Waals surface area contributed by atoms with Crippen LogP contribution in [0.4, 0.5) is 0 Å². The van der Waals surface area contributed by atoms with Gasteiger partial charge in [0.1, 0.15) is 22.5 Å². The van der Waals surface area contributed by atoms with E-state index >= 15 is 0 Å². The van der Waals surface area contributed by atoms with Gasteiger partial charge in [0.25, 0.3) is 0 Å². The molecule has 1 aromatic heterocycles. The van der Waals surface area contributed by atoms with Gasteiger partial charge in [0.05, 0.1) is 6.61 Å². The highest BCUT2D eigenvalue weighted by Gasteiger charge is 2.23. The molecule has 2 aromatic carbocycles. The fourth-order valence-electron chi connectivity index (χ4n) is 3.94. The van der Waals surface area contributed by atoms with Crippen LogP contribution >= 0.6 is 0 Å². The van der Waals surface area contributed by atoms with E-state index in [0.717, 1.165) is 41.4 Å². The van der Waals surface area contributed by atoms with Gasteiger partial charge >= 0.3 is 5.97 Å². The van der Waals surface area contributed by atoms with E-state index in [1.165, 1.54) is 11.2 Å². The van der Waals surface area contributed by atoms with Crippen LogP contribution in [0.5, 0.6) is 5.75 Å². The zero-order chi connectivity index (χ0) is 24.0. The number of fused-ring (bicyclic) bond motifs is 1. The Hall–Kier alpha value is -2.89. The number of hydrogen-bond donors (Lipinski definition) is 1. The largest absolute Gasteiger partial charge is 0.505 e. The predicted molar refractivity (Wildman–Crippen MR) is 132 cm³/mol. The molecule has 0 saturated heterocycles. The smallest absolute Gasteiger partial charge is 0.306 e. The fourth-order valence-corrected chi connectivity index (χ4v) is 3.94. The summed E-state index contributed by atoms with van der Waals surface area (Å²) in [4.78, 5) is 13.9. The molecule has 6 heteroatoms. The molecule has 1 N–H and O–H groups in total. The third kappa shape index (κ3) is 6.34. The van der Waals surface area contributed by atoms with E-state index in [1.54, 1.807) is 0 Å². The first-order valence-corrected chi connectivity index (χ1v) is 12.1. The molecule has 0 fully saturated rings. The Morgan fingerprint density at radius 1 is 1.12 bits per heavy atom. The first-order valence-electron chi connectivity index (χ1n) is 12.1. The van der Waals surface area contributed by atoms with Gasteiger partial charge in [0.2, 0.25) is 0 Å². The van der Waals surface area contributed by atoms with Crippen molar-refractivity contribution in [2.75, 3.05) is 6.61 Å². The summed E-state index contributed by atoms with van der Waals surface area (Å²) in [5.41, 5.74) is 3.51. The van der Waals surface area contributed by atoms with E-state index in [0.29, 0.717) is 31.1 Å². The Morgan fingerprint density at radius 2 is 1.79 bits per heavy atom. The van der Waals surface area contributed by atoms with Crippen molar-refractivity contribution in [1.82, 2.24) is 15.0 Å². The van der Waals surface area contributed by atoms with Crippen molar-refractivity contribution in [2.45, 2.75) is 78.6 Å². The zero-order valence-corrected chi connectivity index (χ0v) is 20.6. The molecule has 1 heterocycles. The molecule has 3 aromatic rings. The Kier molecular flexibility index (Phi) is 8.11. The number of unbranched alkanes of at least 4 members (excludes halogenated alkanes) is 1. The van der Waals surface area contributed by atoms with Crippen LogP contribution < -0.4 is 0 Å². The van der Waals surface area contributed by atoms with Crippen molar-refractivity contribution in [3.8, 4) is 11.4 Å². The summed E-state index contributed by atoms with van der Waals surface area (Å²) in [6.07, 6.45) is 5.27. The van der Waals surface area contributed by atoms with Crippen LogP contribution in [0.25, 0.3) is 16.7 Å². The molecule has 0 saturated carbocycles. The van der Waals surface area contributed by atoms with Crippen LogP contribution in [0.1, 0.15) is 77.8 Å². The van der Waals surface area contributed by atoms with Gasteiger partial charge in [0, 0.05) is 12.0 Å². The number of aromatic hydroxyl groups is 1. The number of phenols is 1. The van der Waals surface area contributed by atoms with Crippen molar-refractivity contribution < 1.29 is 14.6 Å². The van der Waals surface area contributed by atoms with E-state index in [2.05, 4.69) is 44.8 Å². The lowest BCUT2D eigenvalue weighted by molar-refractivity contribution is -0.145. The molecule has 0 aliphatic carbocycles. The van der Waals surface area contributed by atoms with Gasteiger partial charge in [-0.2, -0.15) is 0 Å². The normalized spacial score (nSPS) is 12.8. The molecule has 0 aliphatic rings. The minimum atomic E-state index is -0.282. The standard InChI is InChI=1S/C27H37N3O3/c1-6-8-11-19(7-2)18-33-25(31)15-14-20-16-21(27(3,4)5)26(32)24(17-20)30-28-22-12-9-10-13-23(22)29-30/h9-10,12-13,16-17,19,32H,6-8,11,14-15,18H2,1-5H3. The second kappa shape index (κ2) is 10.8. The second-order valence-electron chi connectivity index (χ2n) is 9.84. The topological polar surface area (TPSA) is 77.2 Å². The third-order valence-electron chi connectivity index (χ3n) is 6.10. The van der Waals surface area contributed by atoms with E-state index in [4.69, 9.17) is 4.74 Å². The highest BCUT2D eigenvalue weighted by atomic mass is 16.5. The SMILES string of the molecule is CCCCC(CC)COC(=O)CCc1cc(-n2nc3ccccc3n2)c(O)c(C(C)(C)C)c1. The number of aromatic nitrogens is 3. The summed E-state index contributed by atoms with van der Waals surface area (Å²) < 4.78 is 5.57. The number of phenolic OH excluding ortho intramolecular Hbond substituents is 1. The quantitative estimate of drug-likeness (QED) is 0.376. The van der Waals surface area contributed by atoms with Crippen molar-refractivity contribution in [1.29, 1.82) is 0 Å². The van der Waals surface area contributed by atoms with Crippen LogP contribution in [0.2, 0.25) is 0 Å². The number of aryl methyl sites for hydroxylation is 1. The lowest BCUT2D eigenvalue weighted by Crippen LogP contribution is -2.16. The Balaban J connectivity index is 1.79. The van der Waals surface area contributed by atoms with E-state index in [9.17, 15) is 9.90 Å². The van der Waals surface area contributed by atoms with Gasteiger partial charge in [0.15, 0.2) is 0 Å². The average molecular weight is 452 g/mol. The molecule has 0 aliphatic heterocycles. The Labute approximate surface area is 197 Å². The molecule has 1 atom stereocenters.